The summed E-state index contributed by atoms with van der Waals surface area (Å²) in [7, 11) is 0. The molecule has 0 aliphatic heterocycles. The molecular weight excluding hydrogens is 340 g/mol. The van der Waals surface area contributed by atoms with Crippen LogP contribution in [0.3, 0.4) is 0 Å². The van der Waals surface area contributed by atoms with Crippen LogP contribution >= 0.6 is 0 Å². The van der Waals surface area contributed by atoms with Gasteiger partial charge in [-0.2, -0.15) is 5.26 Å². The molecule has 3 rings (SSSR count). The lowest BCUT2D eigenvalue weighted by molar-refractivity contribution is 0.102. The van der Waals surface area contributed by atoms with Crippen LogP contribution in [-0.2, 0) is 0 Å². The minimum Gasteiger partial charge on any atom is -0.492 e. The van der Waals surface area contributed by atoms with Gasteiger partial charge in [0.1, 0.15) is 11.6 Å². The Morgan fingerprint density at radius 1 is 1.15 bits per heavy atom. The summed E-state index contributed by atoms with van der Waals surface area (Å²) in [5, 5.41) is 14.9. The Morgan fingerprint density at radius 3 is 2.74 bits per heavy atom. The fraction of sp³-hybridized carbons (Fsp3) is 0.0952. The van der Waals surface area contributed by atoms with Crippen LogP contribution < -0.4 is 15.4 Å². The van der Waals surface area contributed by atoms with Gasteiger partial charge in [0.15, 0.2) is 0 Å². The Balaban J connectivity index is 1.70. The van der Waals surface area contributed by atoms with Crippen molar-refractivity contribution in [2.24, 2.45) is 0 Å². The number of nitrogens with one attached hydrogen (secondary N) is 2. The van der Waals surface area contributed by atoms with Gasteiger partial charge >= 0.3 is 0 Å². The predicted molar refractivity (Wildman–Crippen MR) is 104 cm³/mol. The first-order valence-electron chi connectivity index (χ1n) is 8.46. The van der Waals surface area contributed by atoms with Crippen molar-refractivity contribution < 1.29 is 9.53 Å². The fourth-order valence-corrected chi connectivity index (χ4v) is 2.46. The Morgan fingerprint density at radius 2 is 2.00 bits per heavy atom. The van der Waals surface area contributed by atoms with E-state index in [4.69, 9.17) is 10.00 Å². The molecule has 0 atom stereocenters. The van der Waals surface area contributed by atoms with Gasteiger partial charge < -0.3 is 15.4 Å². The zero-order chi connectivity index (χ0) is 19.1. The molecule has 6 nitrogen and oxygen atoms in total. The Kier molecular flexibility index (Phi) is 5.65. The number of rotatable bonds is 6. The molecule has 1 heterocycles. The Hall–Kier alpha value is -3.85. The van der Waals surface area contributed by atoms with E-state index < -0.39 is 0 Å². The van der Waals surface area contributed by atoms with E-state index in [0.29, 0.717) is 35.0 Å². The molecule has 1 amide bonds. The first kappa shape index (κ1) is 18.0. The highest BCUT2D eigenvalue weighted by Gasteiger charge is 2.10. The van der Waals surface area contributed by atoms with Crippen LogP contribution in [0.25, 0.3) is 0 Å². The zero-order valence-electron chi connectivity index (χ0n) is 14.8. The molecule has 27 heavy (non-hydrogen) atoms. The summed E-state index contributed by atoms with van der Waals surface area (Å²) in [4.78, 5) is 16.7. The summed E-state index contributed by atoms with van der Waals surface area (Å²) < 4.78 is 5.51. The summed E-state index contributed by atoms with van der Waals surface area (Å²) in [6.07, 6.45) is 1.50. The normalized spacial score (nSPS) is 9.93. The number of para-hydroxylation sites is 2. The number of ether oxygens (including phenoxy) is 1. The lowest BCUT2D eigenvalue weighted by Gasteiger charge is -2.11. The van der Waals surface area contributed by atoms with Crippen LogP contribution in [0.1, 0.15) is 22.8 Å². The topological polar surface area (TPSA) is 87.0 Å². The molecule has 2 N–H and O–H groups in total. The maximum Gasteiger partial charge on any atom is 0.257 e. The van der Waals surface area contributed by atoms with Gasteiger partial charge in [-0.05, 0) is 49.4 Å². The van der Waals surface area contributed by atoms with Crippen LogP contribution in [0.15, 0.2) is 66.9 Å². The molecular formula is C21H18N4O2. The van der Waals surface area contributed by atoms with Gasteiger partial charge in [-0.15, -0.1) is 0 Å². The summed E-state index contributed by atoms with van der Waals surface area (Å²) in [6, 6.07) is 19.8. The van der Waals surface area contributed by atoms with E-state index in [-0.39, 0.29) is 5.91 Å². The average molecular weight is 358 g/mol. The summed E-state index contributed by atoms with van der Waals surface area (Å²) in [6.45, 7) is 2.41. The standard InChI is InChI=1S/C21H18N4O2/c1-2-27-19-9-4-3-8-18(19)25-21(26)16-10-11-20(23-14-16)24-17-7-5-6-15(12-17)13-22/h3-12,14H,2H2,1H3,(H,23,24)(H,25,26). The van der Waals surface area contributed by atoms with Gasteiger partial charge in [-0.25, -0.2) is 4.98 Å². The highest BCUT2D eigenvalue weighted by atomic mass is 16.5. The van der Waals surface area contributed by atoms with E-state index >= 15 is 0 Å². The minimum atomic E-state index is -0.271. The average Bonchev–Trinajstić information content (AvgIpc) is 2.70. The highest BCUT2D eigenvalue weighted by molar-refractivity contribution is 6.04. The lowest BCUT2D eigenvalue weighted by atomic mass is 10.2. The third-order valence-electron chi connectivity index (χ3n) is 3.72. The molecule has 3 aromatic rings. The highest BCUT2D eigenvalue weighted by Crippen LogP contribution is 2.24. The SMILES string of the molecule is CCOc1ccccc1NC(=O)c1ccc(Nc2cccc(C#N)c2)nc1. The number of aromatic nitrogens is 1. The van der Waals surface area contributed by atoms with Gasteiger partial charge in [0, 0.05) is 11.9 Å². The van der Waals surface area contributed by atoms with Crippen molar-refractivity contribution in [1.29, 1.82) is 5.26 Å². The van der Waals surface area contributed by atoms with Crippen LogP contribution in [0, 0.1) is 11.3 Å². The molecule has 0 saturated heterocycles. The van der Waals surface area contributed by atoms with Crippen molar-refractivity contribution in [2.45, 2.75) is 6.92 Å². The number of benzene rings is 2. The molecule has 1 aromatic heterocycles. The summed E-state index contributed by atoms with van der Waals surface area (Å²) >= 11 is 0. The Bertz CT molecular complexity index is 978. The molecule has 0 aliphatic rings. The van der Waals surface area contributed by atoms with E-state index in [1.807, 2.05) is 25.1 Å². The molecule has 0 saturated carbocycles. The third kappa shape index (κ3) is 4.61. The second-order valence-corrected chi connectivity index (χ2v) is 5.63. The van der Waals surface area contributed by atoms with Crippen molar-refractivity contribution >= 4 is 23.1 Å². The van der Waals surface area contributed by atoms with Crippen LogP contribution in [0.5, 0.6) is 5.75 Å². The van der Waals surface area contributed by atoms with Gasteiger partial charge in [0.2, 0.25) is 0 Å². The van der Waals surface area contributed by atoms with Gasteiger partial charge in [0.05, 0.1) is 29.5 Å². The molecule has 0 aliphatic carbocycles. The predicted octanol–water partition coefficient (Wildman–Crippen LogP) is 4.35. The molecule has 6 heteroatoms. The first-order valence-corrected chi connectivity index (χ1v) is 8.46. The molecule has 0 bridgehead atoms. The van der Waals surface area contributed by atoms with Gasteiger partial charge in [-0.1, -0.05) is 18.2 Å². The lowest BCUT2D eigenvalue weighted by Crippen LogP contribution is -2.13. The number of carbonyl (C=O) groups excluding carboxylic acids is 1. The molecule has 0 fully saturated rings. The van der Waals surface area contributed by atoms with E-state index in [0.717, 1.165) is 5.69 Å². The van der Waals surface area contributed by atoms with Crippen molar-refractivity contribution in [2.75, 3.05) is 17.2 Å². The number of anilines is 3. The summed E-state index contributed by atoms with van der Waals surface area (Å²) in [5.74, 6) is 0.931. The zero-order valence-corrected chi connectivity index (χ0v) is 14.8. The number of hydrogen-bond acceptors (Lipinski definition) is 5. The fourth-order valence-electron chi connectivity index (χ4n) is 2.46. The second kappa shape index (κ2) is 8.50. The molecule has 0 spiro atoms. The maximum absolute atomic E-state index is 12.5. The minimum absolute atomic E-state index is 0.271. The molecule has 0 unspecified atom stereocenters. The smallest absolute Gasteiger partial charge is 0.257 e. The van der Waals surface area contributed by atoms with Crippen molar-refractivity contribution in [3.63, 3.8) is 0 Å². The molecule has 2 aromatic carbocycles. The van der Waals surface area contributed by atoms with E-state index in [9.17, 15) is 4.79 Å². The second-order valence-electron chi connectivity index (χ2n) is 5.63. The van der Waals surface area contributed by atoms with Crippen molar-refractivity contribution in [3.8, 4) is 11.8 Å². The van der Waals surface area contributed by atoms with Crippen molar-refractivity contribution in [1.82, 2.24) is 4.98 Å². The molecule has 134 valence electrons. The van der Waals surface area contributed by atoms with Crippen LogP contribution in [-0.4, -0.2) is 17.5 Å². The third-order valence-corrected chi connectivity index (χ3v) is 3.72. The van der Waals surface area contributed by atoms with E-state index in [1.54, 1.807) is 42.5 Å². The number of amides is 1. The van der Waals surface area contributed by atoms with E-state index in [1.165, 1.54) is 6.20 Å². The first-order chi connectivity index (χ1) is 13.2. The van der Waals surface area contributed by atoms with Crippen LogP contribution in [0.4, 0.5) is 17.2 Å². The van der Waals surface area contributed by atoms with Crippen LogP contribution in [0.2, 0.25) is 0 Å². The maximum atomic E-state index is 12.5. The molecule has 0 radical (unpaired) electrons. The van der Waals surface area contributed by atoms with E-state index in [2.05, 4.69) is 21.7 Å². The van der Waals surface area contributed by atoms with Gasteiger partial charge in [0.25, 0.3) is 5.91 Å². The number of pyridine rings is 1. The number of hydrogen-bond donors (Lipinski definition) is 2. The largest absolute Gasteiger partial charge is 0.492 e. The summed E-state index contributed by atoms with van der Waals surface area (Å²) in [5.41, 5.74) is 2.35. The number of nitriles is 1. The quantitative estimate of drug-likeness (QED) is 0.684. The van der Waals surface area contributed by atoms with Gasteiger partial charge in [-0.3, -0.25) is 4.79 Å². The number of carbonyl (C=O) groups is 1. The number of nitrogens with zero attached hydrogens (tertiary/aromatic N) is 2. The van der Waals surface area contributed by atoms with Crippen molar-refractivity contribution in [3.05, 3.63) is 78.0 Å². The Labute approximate surface area is 157 Å². The monoisotopic (exact) mass is 358 g/mol.